The predicted octanol–water partition coefficient (Wildman–Crippen LogP) is 4.34. The van der Waals surface area contributed by atoms with Crippen molar-refractivity contribution in [3.63, 3.8) is 0 Å². The van der Waals surface area contributed by atoms with Crippen molar-refractivity contribution in [3.8, 4) is 0 Å². The maximum Gasteiger partial charge on any atom is 0.257 e. The molecule has 2 aliphatic rings. The van der Waals surface area contributed by atoms with E-state index in [0.717, 1.165) is 49.3 Å². The van der Waals surface area contributed by atoms with E-state index in [9.17, 15) is 9.59 Å². The van der Waals surface area contributed by atoms with Gasteiger partial charge in [-0.1, -0.05) is 18.5 Å². The third kappa shape index (κ3) is 3.87. The topological polar surface area (TPSA) is 62.3 Å². The summed E-state index contributed by atoms with van der Waals surface area (Å²) >= 11 is 7.34. The number of aromatic nitrogens is 1. The van der Waals surface area contributed by atoms with Gasteiger partial charge in [-0.25, -0.2) is 4.98 Å². The minimum Gasteiger partial charge on any atom is -0.342 e. The zero-order valence-electron chi connectivity index (χ0n) is 15.2. The summed E-state index contributed by atoms with van der Waals surface area (Å²) in [5.74, 6) is 0.515. The molecular formula is C20H22ClN3O2S. The molecule has 1 unspecified atom stereocenters. The molecule has 4 rings (SSSR count). The lowest BCUT2D eigenvalue weighted by Gasteiger charge is -2.32. The predicted molar refractivity (Wildman–Crippen MR) is 108 cm³/mol. The van der Waals surface area contributed by atoms with Gasteiger partial charge in [0.15, 0.2) is 5.13 Å². The maximum atomic E-state index is 12.9. The Labute approximate surface area is 167 Å². The quantitative estimate of drug-likeness (QED) is 0.829. The van der Waals surface area contributed by atoms with Crippen LogP contribution in [0.3, 0.4) is 0 Å². The Morgan fingerprint density at radius 3 is 2.59 bits per heavy atom. The van der Waals surface area contributed by atoms with Crippen LogP contribution >= 0.6 is 22.9 Å². The highest BCUT2D eigenvalue weighted by molar-refractivity contribution is 7.16. The van der Waals surface area contributed by atoms with E-state index < -0.39 is 0 Å². The molecule has 1 atom stereocenters. The molecule has 142 valence electrons. The molecule has 1 aromatic carbocycles. The van der Waals surface area contributed by atoms with Gasteiger partial charge in [0.25, 0.3) is 5.91 Å². The van der Waals surface area contributed by atoms with Gasteiger partial charge in [0.1, 0.15) is 0 Å². The van der Waals surface area contributed by atoms with Crippen LogP contribution in [0.5, 0.6) is 0 Å². The summed E-state index contributed by atoms with van der Waals surface area (Å²) in [5.41, 5.74) is 1.39. The van der Waals surface area contributed by atoms with Crippen LogP contribution in [0.25, 0.3) is 0 Å². The molecule has 0 radical (unpaired) electrons. The van der Waals surface area contributed by atoms with E-state index in [2.05, 4.69) is 17.2 Å². The number of carbonyl (C=O) groups is 2. The number of nitrogens with zero attached hydrogens (tertiary/aromatic N) is 2. The van der Waals surface area contributed by atoms with Gasteiger partial charge < -0.3 is 4.90 Å². The van der Waals surface area contributed by atoms with Crippen molar-refractivity contribution in [3.05, 3.63) is 45.4 Å². The maximum absolute atomic E-state index is 12.9. The average molecular weight is 404 g/mol. The fourth-order valence-corrected chi connectivity index (χ4v) is 4.90. The van der Waals surface area contributed by atoms with Gasteiger partial charge in [-0.15, -0.1) is 11.3 Å². The molecule has 27 heavy (non-hydrogen) atoms. The number of rotatable bonds is 3. The summed E-state index contributed by atoms with van der Waals surface area (Å²) in [5, 5.41) is 4.00. The van der Waals surface area contributed by atoms with Gasteiger partial charge in [0.05, 0.1) is 11.6 Å². The van der Waals surface area contributed by atoms with Gasteiger partial charge in [-0.2, -0.15) is 0 Å². The lowest BCUT2D eigenvalue weighted by Crippen LogP contribution is -2.40. The number of hydrogen-bond acceptors (Lipinski definition) is 4. The van der Waals surface area contributed by atoms with Gasteiger partial charge in [0, 0.05) is 28.6 Å². The molecule has 1 aromatic heterocycles. The zero-order chi connectivity index (χ0) is 19.0. The summed E-state index contributed by atoms with van der Waals surface area (Å²) in [6, 6.07) is 6.74. The third-order valence-corrected chi connectivity index (χ3v) is 6.74. The van der Waals surface area contributed by atoms with Crippen molar-refractivity contribution in [2.24, 2.45) is 5.92 Å². The average Bonchev–Trinajstić information content (AvgIpc) is 3.22. The first-order chi connectivity index (χ1) is 13.0. The van der Waals surface area contributed by atoms with Crippen molar-refractivity contribution in [2.45, 2.75) is 38.5 Å². The van der Waals surface area contributed by atoms with E-state index >= 15 is 0 Å². The van der Waals surface area contributed by atoms with Crippen LogP contribution in [0, 0.1) is 5.92 Å². The molecule has 1 aliphatic carbocycles. The van der Waals surface area contributed by atoms with Crippen LogP contribution in [0.1, 0.15) is 53.0 Å². The number of carbonyl (C=O) groups excluding carboxylic acids is 2. The van der Waals surface area contributed by atoms with E-state index in [0.29, 0.717) is 21.6 Å². The second kappa shape index (κ2) is 7.60. The van der Waals surface area contributed by atoms with E-state index in [4.69, 9.17) is 11.6 Å². The van der Waals surface area contributed by atoms with Crippen LogP contribution in [-0.4, -0.2) is 34.8 Å². The number of thiazole rings is 1. The number of amides is 2. The summed E-state index contributed by atoms with van der Waals surface area (Å²) in [6.45, 7) is 3.93. The Kier molecular flexibility index (Phi) is 5.19. The minimum absolute atomic E-state index is 0.161. The van der Waals surface area contributed by atoms with Crippen LogP contribution < -0.4 is 5.32 Å². The first-order valence-electron chi connectivity index (χ1n) is 9.36. The number of hydrogen-bond donors (Lipinski definition) is 1. The highest BCUT2D eigenvalue weighted by atomic mass is 35.5. The van der Waals surface area contributed by atoms with Gasteiger partial charge in [0.2, 0.25) is 5.91 Å². The summed E-state index contributed by atoms with van der Waals surface area (Å²) < 4.78 is 0. The Hall–Kier alpha value is -1.92. The van der Waals surface area contributed by atoms with Gasteiger partial charge in [-0.05, 0) is 55.9 Å². The third-order valence-electron chi connectivity index (χ3n) is 5.44. The molecule has 7 heteroatoms. The van der Waals surface area contributed by atoms with Crippen molar-refractivity contribution < 1.29 is 9.59 Å². The smallest absolute Gasteiger partial charge is 0.257 e. The molecule has 0 saturated carbocycles. The first-order valence-corrected chi connectivity index (χ1v) is 10.6. The number of benzene rings is 1. The second-order valence-electron chi connectivity index (χ2n) is 7.39. The number of halogens is 1. The number of fused-ring (bicyclic) bond motifs is 1. The fourth-order valence-electron chi connectivity index (χ4n) is 3.74. The number of likely N-dealkylation sites (tertiary alicyclic amines) is 1. The Morgan fingerprint density at radius 2 is 1.89 bits per heavy atom. The molecule has 1 saturated heterocycles. The first kappa shape index (κ1) is 18.4. The zero-order valence-corrected chi connectivity index (χ0v) is 16.8. The highest BCUT2D eigenvalue weighted by Crippen LogP contribution is 2.39. The lowest BCUT2D eigenvalue weighted by atomic mass is 9.97. The van der Waals surface area contributed by atoms with Crippen LogP contribution in [0.2, 0.25) is 5.02 Å². The Bertz CT molecular complexity index is 857. The van der Waals surface area contributed by atoms with Crippen molar-refractivity contribution in [1.29, 1.82) is 0 Å². The lowest BCUT2D eigenvalue weighted by molar-refractivity contribution is -0.134. The molecule has 1 N–H and O–H groups in total. The summed E-state index contributed by atoms with van der Waals surface area (Å²) in [6.07, 6.45) is 3.82. The summed E-state index contributed by atoms with van der Waals surface area (Å²) in [4.78, 5) is 33.0. The number of aryl methyl sites for hydroxylation is 1. The van der Waals surface area contributed by atoms with E-state index in [1.54, 1.807) is 24.3 Å². The van der Waals surface area contributed by atoms with Crippen molar-refractivity contribution >= 4 is 39.9 Å². The standard InChI is InChI=1S/C20H22ClN3O2S/c1-12-8-10-24(11-9-12)19(26)15-6-7-16-17(15)22-20(27-16)23-18(25)13-2-4-14(21)5-3-13/h2-5,12,15H,6-11H2,1H3,(H,22,23,25). The SMILES string of the molecule is CC1CCN(C(=O)C2CCc3sc(NC(=O)c4ccc(Cl)cc4)nc32)CC1. The monoisotopic (exact) mass is 403 g/mol. The normalized spacial score (nSPS) is 19.8. The molecule has 2 amide bonds. The van der Waals surface area contributed by atoms with Crippen molar-refractivity contribution in [1.82, 2.24) is 9.88 Å². The van der Waals surface area contributed by atoms with Crippen LogP contribution in [-0.2, 0) is 11.2 Å². The summed E-state index contributed by atoms with van der Waals surface area (Å²) in [7, 11) is 0. The van der Waals surface area contributed by atoms with Crippen LogP contribution in [0.4, 0.5) is 5.13 Å². The fraction of sp³-hybridized carbons (Fsp3) is 0.450. The largest absolute Gasteiger partial charge is 0.342 e. The highest BCUT2D eigenvalue weighted by Gasteiger charge is 2.36. The molecular weight excluding hydrogens is 382 g/mol. The van der Waals surface area contributed by atoms with E-state index in [-0.39, 0.29) is 17.7 Å². The molecule has 2 heterocycles. The van der Waals surface area contributed by atoms with Crippen LogP contribution in [0.15, 0.2) is 24.3 Å². The molecule has 1 fully saturated rings. The Morgan fingerprint density at radius 1 is 1.19 bits per heavy atom. The Balaban J connectivity index is 1.45. The minimum atomic E-state index is -0.216. The van der Waals surface area contributed by atoms with Gasteiger partial charge in [-0.3, -0.25) is 14.9 Å². The molecule has 0 bridgehead atoms. The molecule has 0 spiro atoms. The van der Waals surface area contributed by atoms with E-state index in [1.807, 2.05) is 4.90 Å². The number of nitrogens with one attached hydrogen (secondary N) is 1. The molecule has 1 aliphatic heterocycles. The molecule has 2 aromatic rings. The molecule has 5 nitrogen and oxygen atoms in total. The number of piperidine rings is 1. The van der Waals surface area contributed by atoms with E-state index in [1.165, 1.54) is 11.3 Å². The van der Waals surface area contributed by atoms with Crippen molar-refractivity contribution in [2.75, 3.05) is 18.4 Å². The number of anilines is 1. The second-order valence-corrected chi connectivity index (χ2v) is 8.91. The van der Waals surface area contributed by atoms with Gasteiger partial charge >= 0.3 is 0 Å².